The summed E-state index contributed by atoms with van der Waals surface area (Å²) in [6.07, 6.45) is 1.74. The van der Waals surface area contributed by atoms with Gasteiger partial charge in [0, 0.05) is 24.4 Å². The Balaban J connectivity index is 1.61. The van der Waals surface area contributed by atoms with Gasteiger partial charge in [0.2, 0.25) is 5.91 Å². The van der Waals surface area contributed by atoms with Gasteiger partial charge in [-0.1, -0.05) is 23.7 Å². The van der Waals surface area contributed by atoms with E-state index in [0.717, 1.165) is 0 Å². The van der Waals surface area contributed by atoms with Crippen LogP contribution < -0.4 is 10.6 Å². The molecule has 0 bridgehead atoms. The number of hydrogen-bond acceptors (Lipinski definition) is 4. The summed E-state index contributed by atoms with van der Waals surface area (Å²) in [6, 6.07) is 10.9. The van der Waals surface area contributed by atoms with Crippen LogP contribution in [0.4, 0.5) is 10.1 Å². The number of amides is 2. The first-order chi connectivity index (χ1) is 14.3. The molecule has 156 valence electrons. The van der Waals surface area contributed by atoms with Gasteiger partial charge in [0.05, 0.1) is 22.5 Å². The molecule has 0 saturated heterocycles. The number of carbonyl (C=O) groups is 2. The molecule has 0 aliphatic rings. The van der Waals surface area contributed by atoms with Gasteiger partial charge >= 0.3 is 0 Å². The molecule has 2 amide bonds. The van der Waals surface area contributed by atoms with Crippen molar-refractivity contribution >= 4 is 29.1 Å². The summed E-state index contributed by atoms with van der Waals surface area (Å²) < 4.78 is 19.4. The van der Waals surface area contributed by atoms with Crippen molar-refractivity contribution in [1.29, 1.82) is 0 Å². The van der Waals surface area contributed by atoms with Crippen LogP contribution in [0.2, 0.25) is 5.02 Å². The van der Waals surface area contributed by atoms with Gasteiger partial charge in [-0.25, -0.2) is 9.37 Å². The molecule has 1 aromatic heterocycles. The van der Waals surface area contributed by atoms with E-state index in [9.17, 15) is 14.0 Å². The van der Waals surface area contributed by atoms with Crippen molar-refractivity contribution in [2.24, 2.45) is 0 Å². The first-order valence-corrected chi connectivity index (χ1v) is 9.81. The minimum atomic E-state index is -0.408. The van der Waals surface area contributed by atoms with Gasteiger partial charge in [-0.05, 0) is 44.2 Å². The summed E-state index contributed by atoms with van der Waals surface area (Å²) in [5.41, 5.74) is 1.05. The molecule has 3 rings (SSSR count). The highest BCUT2D eigenvalue weighted by molar-refractivity contribution is 6.33. The molecule has 0 atom stereocenters. The number of hydrogen-bond donors (Lipinski definition) is 2. The zero-order valence-electron chi connectivity index (χ0n) is 16.5. The molecule has 6 nitrogen and oxygen atoms in total. The van der Waals surface area contributed by atoms with Gasteiger partial charge in [-0.2, -0.15) is 0 Å². The highest BCUT2D eigenvalue weighted by Gasteiger charge is 2.14. The van der Waals surface area contributed by atoms with E-state index >= 15 is 0 Å². The molecule has 1 heterocycles. The summed E-state index contributed by atoms with van der Waals surface area (Å²) in [6.45, 7) is 3.72. The number of nitrogens with one attached hydrogen (secondary N) is 2. The first kappa shape index (κ1) is 21.5. The van der Waals surface area contributed by atoms with Gasteiger partial charge in [0.15, 0.2) is 11.7 Å². The highest BCUT2D eigenvalue weighted by atomic mass is 35.5. The molecule has 0 radical (unpaired) electrons. The zero-order valence-corrected chi connectivity index (χ0v) is 17.3. The molecule has 30 heavy (non-hydrogen) atoms. The topological polar surface area (TPSA) is 84.2 Å². The normalized spacial score (nSPS) is 10.8. The molecule has 3 aromatic rings. The Hall–Kier alpha value is -3.19. The minimum Gasteiger partial charge on any atom is -0.441 e. The second-order valence-electron chi connectivity index (χ2n) is 6.97. The Bertz CT molecular complexity index is 1070. The lowest BCUT2D eigenvalue weighted by Crippen LogP contribution is -2.30. The van der Waals surface area contributed by atoms with Crippen LogP contribution in [-0.4, -0.2) is 22.8 Å². The molecule has 0 aliphatic heterocycles. The first-order valence-electron chi connectivity index (χ1n) is 9.43. The molecule has 2 N–H and O–H groups in total. The van der Waals surface area contributed by atoms with Crippen LogP contribution in [0.3, 0.4) is 0 Å². The summed E-state index contributed by atoms with van der Waals surface area (Å²) in [7, 11) is 0. The van der Waals surface area contributed by atoms with Crippen LogP contribution in [0, 0.1) is 5.82 Å². The fourth-order valence-electron chi connectivity index (χ4n) is 2.75. The van der Waals surface area contributed by atoms with Gasteiger partial charge in [-0.15, -0.1) is 0 Å². The second kappa shape index (κ2) is 9.54. The van der Waals surface area contributed by atoms with E-state index in [0.29, 0.717) is 33.5 Å². The quantitative estimate of drug-likeness (QED) is 0.562. The van der Waals surface area contributed by atoms with E-state index < -0.39 is 5.82 Å². The summed E-state index contributed by atoms with van der Waals surface area (Å²) in [5.74, 6) is -0.356. The number of oxazole rings is 1. The number of rotatable bonds is 7. The smallest absolute Gasteiger partial charge is 0.251 e. The van der Waals surface area contributed by atoms with Crippen molar-refractivity contribution in [2.45, 2.75) is 32.7 Å². The average molecular weight is 430 g/mol. The predicted molar refractivity (Wildman–Crippen MR) is 113 cm³/mol. The largest absolute Gasteiger partial charge is 0.441 e. The number of carbonyl (C=O) groups excluding carboxylic acids is 2. The van der Waals surface area contributed by atoms with Gasteiger partial charge in [0.1, 0.15) is 5.82 Å². The van der Waals surface area contributed by atoms with Crippen molar-refractivity contribution in [3.63, 3.8) is 0 Å². The van der Waals surface area contributed by atoms with E-state index in [-0.39, 0.29) is 30.7 Å². The maximum absolute atomic E-state index is 13.8. The Morgan fingerprint density at radius 3 is 2.70 bits per heavy atom. The molecule has 2 aromatic carbocycles. The van der Waals surface area contributed by atoms with Gasteiger partial charge in [-0.3, -0.25) is 9.59 Å². The van der Waals surface area contributed by atoms with E-state index in [2.05, 4.69) is 15.6 Å². The maximum Gasteiger partial charge on any atom is 0.251 e. The van der Waals surface area contributed by atoms with E-state index in [4.69, 9.17) is 16.0 Å². The Kier molecular flexibility index (Phi) is 6.84. The van der Waals surface area contributed by atoms with Crippen LogP contribution in [0.5, 0.6) is 0 Å². The average Bonchev–Trinajstić information content (AvgIpc) is 3.16. The van der Waals surface area contributed by atoms with Crippen LogP contribution >= 0.6 is 11.6 Å². The van der Waals surface area contributed by atoms with Crippen LogP contribution in [-0.2, 0) is 11.2 Å². The molecule has 0 spiro atoms. The lowest BCUT2D eigenvalue weighted by Gasteiger charge is -2.11. The standard InChI is InChI=1S/C22H21ClFN3O3/c1-13(2)26-22(29)14-7-8-16(23)18(11-14)27-20(28)9-10-21-25-12-19(30-21)15-5-3-4-6-17(15)24/h3-8,11-13H,9-10H2,1-2H3,(H,26,29)(H,27,28). The number of halogens is 2. The van der Waals surface area contributed by atoms with E-state index in [1.54, 1.807) is 30.3 Å². The minimum absolute atomic E-state index is 0.0127. The van der Waals surface area contributed by atoms with Crippen molar-refractivity contribution in [2.75, 3.05) is 5.32 Å². The second-order valence-corrected chi connectivity index (χ2v) is 7.38. The van der Waals surface area contributed by atoms with Gasteiger partial charge < -0.3 is 15.1 Å². The fraction of sp³-hybridized carbons (Fsp3) is 0.227. The lowest BCUT2D eigenvalue weighted by atomic mass is 10.1. The Morgan fingerprint density at radius 1 is 1.20 bits per heavy atom. The highest BCUT2D eigenvalue weighted by Crippen LogP contribution is 2.25. The van der Waals surface area contributed by atoms with E-state index in [1.165, 1.54) is 18.3 Å². The summed E-state index contributed by atoms with van der Waals surface area (Å²) >= 11 is 6.14. The molecular weight excluding hydrogens is 409 g/mol. The summed E-state index contributed by atoms with van der Waals surface area (Å²) in [5, 5.41) is 5.80. The third kappa shape index (κ3) is 5.45. The SMILES string of the molecule is CC(C)NC(=O)c1ccc(Cl)c(NC(=O)CCc2ncc(-c3ccccc3F)o2)c1. The predicted octanol–water partition coefficient (Wildman–Crippen LogP) is 4.84. The number of anilines is 1. The molecule has 0 unspecified atom stereocenters. The number of nitrogens with zero attached hydrogens (tertiary/aromatic N) is 1. The van der Waals surface area contributed by atoms with Crippen LogP contribution in [0.15, 0.2) is 53.1 Å². The van der Waals surface area contributed by atoms with Crippen LogP contribution in [0.25, 0.3) is 11.3 Å². The van der Waals surface area contributed by atoms with Crippen molar-refractivity contribution in [3.05, 3.63) is 71.0 Å². The molecule has 0 aliphatic carbocycles. The molecular formula is C22H21ClFN3O3. The number of benzene rings is 2. The van der Waals surface area contributed by atoms with E-state index in [1.807, 2.05) is 13.8 Å². The Labute approximate surface area is 178 Å². The molecule has 0 fully saturated rings. The zero-order chi connectivity index (χ0) is 21.7. The molecule has 0 saturated carbocycles. The number of aryl methyl sites for hydroxylation is 1. The maximum atomic E-state index is 13.8. The van der Waals surface area contributed by atoms with Crippen molar-refractivity contribution in [3.8, 4) is 11.3 Å². The Morgan fingerprint density at radius 2 is 1.97 bits per heavy atom. The third-order valence-electron chi connectivity index (χ3n) is 4.18. The lowest BCUT2D eigenvalue weighted by molar-refractivity contribution is -0.116. The van der Waals surface area contributed by atoms with Crippen molar-refractivity contribution in [1.82, 2.24) is 10.3 Å². The number of aromatic nitrogens is 1. The fourth-order valence-corrected chi connectivity index (χ4v) is 2.92. The summed E-state index contributed by atoms with van der Waals surface area (Å²) in [4.78, 5) is 28.6. The van der Waals surface area contributed by atoms with Crippen molar-refractivity contribution < 1.29 is 18.4 Å². The molecule has 8 heteroatoms. The monoisotopic (exact) mass is 429 g/mol. The van der Waals surface area contributed by atoms with Gasteiger partial charge in [0.25, 0.3) is 5.91 Å². The van der Waals surface area contributed by atoms with Crippen LogP contribution in [0.1, 0.15) is 36.5 Å². The third-order valence-corrected chi connectivity index (χ3v) is 4.51.